The van der Waals surface area contributed by atoms with Crippen molar-refractivity contribution in [2.24, 2.45) is 0 Å². The topological polar surface area (TPSA) is 21.3 Å². The fraction of sp³-hybridized carbons (Fsp3) is 0.263. The number of hydrogen-bond acceptors (Lipinski definition) is 2. The van der Waals surface area contributed by atoms with Crippen molar-refractivity contribution in [1.29, 1.82) is 0 Å². The first-order valence-electron chi connectivity index (χ1n) is 22.2. The maximum atomic E-state index is 6.84. The van der Waals surface area contributed by atoms with Crippen LogP contribution in [0.5, 0.6) is 0 Å². The van der Waals surface area contributed by atoms with Crippen LogP contribution in [0, 0.1) is 0 Å². The molecule has 1 aliphatic carbocycles. The number of para-hydroxylation sites is 1. The van der Waals surface area contributed by atoms with Crippen LogP contribution in [0.3, 0.4) is 0 Å². The summed E-state index contributed by atoms with van der Waals surface area (Å²) in [6, 6.07) is 47.1. The first-order valence-corrected chi connectivity index (χ1v) is 22.2. The van der Waals surface area contributed by atoms with Crippen molar-refractivity contribution in [2.75, 3.05) is 4.81 Å². The number of hydrogen-bond donors (Lipinski definition) is 0. The summed E-state index contributed by atoms with van der Waals surface area (Å²) < 4.78 is 9.40. The van der Waals surface area contributed by atoms with Crippen molar-refractivity contribution in [3.8, 4) is 27.9 Å². The van der Waals surface area contributed by atoms with E-state index in [2.05, 4.69) is 207 Å². The molecule has 0 fully saturated rings. The maximum absolute atomic E-state index is 6.84. The summed E-state index contributed by atoms with van der Waals surface area (Å²) in [7, 11) is 0. The van der Waals surface area contributed by atoms with Gasteiger partial charge in [0.2, 0.25) is 0 Å². The van der Waals surface area contributed by atoms with Gasteiger partial charge in [0.15, 0.2) is 0 Å². The van der Waals surface area contributed by atoms with Crippen LogP contribution in [0.4, 0.5) is 11.4 Å². The zero-order valence-corrected chi connectivity index (χ0v) is 37.4. The molecule has 0 amide bonds. The Kier molecular flexibility index (Phi) is 7.05. The Morgan fingerprint density at radius 2 is 1.16 bits per heavy atom. The lowest BCUT2D eigenvalue weighted by Gasteiger charge is -2.43. The first-order chi connectivity index (χ1) is 28.9. The Labute approximate surface area is 360 Å². The van der Waals surface area contributed by atoms with Crippen LogP contribution in [0.2, 0.25) is 0 Å². The monoisotopic (exact) mass is 792 g/mol. The van der Waals surface area contributed by atoms with Crippen LogP contribution in [0.15, 0.2) is 126 Å². The Morgan fingerprint density at radius 3 is 1.90 bits per heavy atom. The number of aromatic nitrogens is 1. The minimum absolute atomic E-state index is 0.0301. The van der Waals surface area contributed by atoms with Gasteiger partial charge < -0.3 is 13.8 Å². The molecule has 3 aliphatic rings. The molecule has 61 heavy (non-hydrogen) atoms. The van der Waals surface area contributed by atoms with Crippen LogP contribution in [-0.4, -0.2) is 11.4 Å². The van der Waals surface area contributed by atoms with Gasteiger partial charge in [0, 0.05) is 44.2 Å². The second kappa shape index (κ2) is 11.7. The van der Waals surface area contributed by atoms with E-state index in [4.69, 9.17) is 4.42 Å². The van der Waals surface area contributed by atoms with E-state index in [0.29, 0.717) is 0 Å². The molecule has 7 aromatic carbocycles. The van der Waals surface area contributed by atoms with Gasteiger partial charge in [0.05, 0.1) is 16.4 Å². The van der Waals surface area contributed by atoms with Gasteiger partial charge in [-0.2, -0.15) is 0 Å². The molecule has 0 N–H and O–H groups in total. The van der Waals surface area contributed by atoms with Gasteiger partial charge in [0.1, 0.15) is 11.2 Å². The molecule has 0 atom stereocenters. The van der Waals surface area contributed by atoms with Crippen LogP contribution < -0.4 is 15.7 Å². The van der Waals surface area contributed by atoms with Gasteiger partial charge >= 0.3 is 6.85 Å². The molecule has 0 spiro atoms. The highest BCUT2D eigenvalue weighted by Crippen LogP contribution is 2.55. The molecule has 12 rings (SSSR count). The van der Waals surface area contributed by atoms with E-state index in [1.165, 1.54) is 99.9 Å². The largest absolute Gasteiger partial charge is 0.455 e. The molecule has 0 unspecified atom stereocenters. The predicted octanol–water partition coefficient (Wildman–Crippen LogP) is 14.1. The predicted molar refractivity (Wildman–Crippen MR) is 261 cm³/mol. The van der Waals surface area contributed by atoms with Gasteiger partial charge in [-0.05, 0) is 120 Å². The smallest absolute Gasteiger partial charge is 0.333 e. The highest BCUT2D eigenvalue weighted by Gasteiger charge is 2.46. The lowest BCUT2D eigenvalue weighted by Crippen LogP contribution is -2.60. The van der Waals surface area contributed by atoms with Gasteiger partial charge in [-0.1, -0.05) is 149 Å². The minimum Gasteiger partial charge on any atom is -0.455 e. The summed E-state index contributed by atoms with van der Waals surface area (Å²) in [5.41, 5.74) is 22.9. The van der Waals surface area contributed by atoms with E-state index >= 15 is 0 Å². The fourth-order valence-corrected chi connectivity index (χ4v) is 11.2. The summed E-state index contributed by atoms with van der Waals surface area (Å²) in [6.45, 7) is 25.7. The van der Waals surface area contributed by atoms with Crippen LogP contribution in [-0.2, 0) is 21.7 Å². The molecule has 0 radical (unpaired) electrons. The average Bonchev–Trinajstić information content (AvgIpc) is 3.84. The Hall–Kier alpha value is -6.00. The minimum atomic E-state index is -0.165. The highest BCUT2D eigenvalue weighted by molar-refractivity contribution is 6.93. The van der Waals surface area contributed by atoms with E-state index in [1.54, 1.807) is 0 Å². The summed E-state index contributed by atoms with van der Waals surface area (Å²) in [6.07, 6.45) is 0. The Bertz CT molecular complexity index is 3390. The molecule has 3 nitrogen and oxygen atoms in total. The lowest BCUT2D eigenvalue weighted by atomic mass is 9.43. The zero-order chi connectivity index (χ0) is 42.3. The van der Waals surface area contributed by atoms with Gasteiger partial charge in [-0.3, -0.25) is 0 Å². The summed E-state index contributed by atoms with van der Waals surface area (Å²) >= 11 is 0. The van der Waals surface area contributed by atoms with Gasteiger partial charge in [0.25, 0.3) is 0 Å². The van der Waals surface area contributed by atoms with Crippen LogP contribution >= 0.6 is 0 Å². The molecule has 0 bridgehead atoms. The first kappa shape index (κ1) is 36.8. The van der Waals surface area contributed by atoms with E-state index in [0.717, 1.165) is 21.9 Å². The van der Waals surface area contributed by atoms with Crippen molar-refractivity contribution in [3.63, 3.8) is 0 Å². The number of benzene rings is 7. The van der Waals surface area contributed by atoms with Crippen LogP contribution in [0.25, 0.3) is 71.7 Å². The van der Waals surface area contributed by atoms with E-state index < -0.39 is 0 Å². The van der Waals surface area contributed by atoms with Gasteiger partial charge in [-0.15, -0.1) is 0 Å². The van der Waals surface area contributed by atoms with Crippen molar-refractivity contribution in [2.45, 2.75) is 97.8 Å². The number of rotatable bonds is 1. The molecule has 2 aliphatic heterocycles. The molecule has 4 heteroatoms. The summed E-state index contributed by atoms with van der Waals surface area (Å²) in [4.78, 5) is 2.70. The zero-order valence-electron chi connectivity index (χ0n) is 37.4. The van der Waals surface area contributed by atoms with Crippen LogP contribution in [0.1, 0.15) is 104 Å². The van der Waals surface area contributed by atoms with E-state index in [9.17, 15) is 0 Å². The molecule has 4 heterocycles. The molecular formula is C57H53BN2O. The lowest BCUT2D eigenvalue weighted by molar-refractivity contribution is 0.584. The standard InChI is InChI=1S/C57H53BN2O/c1-54(2,3)32-16-20-35(21-17-32)60-48-31-44-41(36-22-18-33(55(4,5)6)28-43(36)57(44,10)11)30-42(48)38-23-24-40-50-47(27-25-39-37-14-12-13-15-49(37)61-53(39)50)59-46-26-19-34(56(7,8)9)29-45(46)58(60)51(38)52(40)59/h12-31H,1-11H3. The third-order valence-electron chi connectivity index (χ3n) is 14.7. The Morgan fingerprint density at radius 1 is 0.525 bits per heavy atom. The second-order valence-corrected chi connectivity index (χ2v) is 21.8. The molecule has 0 saturated heterocycles. The third kappa shape index (κ3) is 4.88. The molecule has 0 saturated carbocycles. The average molecular weight is 793 g/mol. The molecule has 300 valence electrons. The fourth-order valence-electron chi connectivity index (χ4n) is 11.2. The van der Waals surface area contributed by atoms with E-state index in [1.807, 2.05) is 0 Å². The van der Waals surface area contributed by atoms with Crippen molar-refractivity contribution in [1.82, 2.24) is 4.57 Å². The SMILES string of the molecule is CC(C)(C)c1ccc(N2B3c4cc(C(C)(C)C)ccc4-n4c5ccc6c7ccccc7oc6c5c5ccc(c3c54)-c3cc4c(cc32)C(C)(C)c2cc(C(C)(C)C)ccc2-4)cc1. The van der Waals surface area contributed by atoms with Crippen molar-refractivity contribution >= 4 is 72.9 Å². The summed E-state index contributed by atoms with van der Waals surface area (Å²) in [5.74, 6) is 0. The Balaban J connectivity index is 1.23. The normalized spacial score (nSPS) is 15.2. The molecule has 9 aromatic rings. The quantitative estimate of drug-likeness (QED) is 0.154. The number of furan rings is 1. The second-order valence-electron chi connectivity index (χ2n) is 21.8. The van der Waals surface area contributed by atoms with Gasteiger partial charge in [-0.25, -0.2) is 0 Å². The molecular weight excluding hydrogens is 739 g/mol. The number of fused-ring (bicyclic) bond motifs is 15. The number of nitrogens with zero attached hydrogens (tertiary/aromatic N) is 2. The summed E-state index contributed by atoms with van der Waals surface area (Å²) in [5, 5.41) is 4.75. The maximum Gasteiger partial charge on any atom is 0.333 e. The van der Waals surface area contributed by atoms with E-state index in [-0.39, 0.29) is 28.5 Å². The van der Waals surface area contributed by atoms with Crippen molar-refractivity contribution < 1.29 is 4.42 Å². The highest BCUT2D eigenvalue weighted by atomic mass is 16.3. The number of anilines is 2. The third-order valence-corrected chi connectivity index (χ3v) is 14.7. The molecule has 2 aromatic heterocycles. The van der Waals surface area contributed by atoms with Crippen molar-refractivity contribution in [3.05, 3.63) is 149 Å².